The molecule has 0 spiro atoms. The zero-order valence-electron chi connectivity index (χ0n) is 19.8. The lowest BCUT2D eigenvalue weighted by Crippen LogP contribution is -2.61. The summed E-state index contributed by atoms with van der Waals surface area (Å²) in [6.07, 6.45) is 11.5. The quantitative estimate of drug-likeness (QED) is 0.631. The average Bonchev–Trinajstić information content (AvgIpc) is 3.02. The molecule has 3 saturated carbocycles. The number of fused-ring (bicyclic) bond motifs is 5. The van der Waals surface area contributed by atoms with E-state index in [1.54, 1.807) is 6.08 Å². The van der Waals surface area contributed by atoms with E-state index in [0.29, 0.717) is 24.2 Å². The molecule has 0 aromatic carbocycles. The molecule has 0 aromatic rings. The van der Waals surface area contributed by atoms with E-state index in [1.807, 2.05) is 0 Å². The normalized spacial score (nSPS) is 48.9. The lowest BCUT2D eigenvalue weighted by molar-refractivity contribution is -0.185. The standard InChI is InChI=1S/C27H44O3/c1-16(2)7-6-8-17(3)20-9-10-21-25-22(15-24(30)27(20,21)5)26(4)12-11-19(28)13-18(26)14-23(25)29/h11-12,16-18,20-25,29-30H,6-10,13-15H2,1-5H3. The molecular weight excluding hydrogens is 372 g/mol. The van der Waals surface area contributed by atoms with Gasteiger partial charge in [-0.3, -0.25) is 4.79 Å². The summed E-state index contributed by atoms with van der Waals surface area (Å²) in [5, 5.41) is 22.9. The number of aliphatic hydroxyl groups is 2. The molecule has 30 heavy (non-hydrogen) atoms. The van der Waals surface area contributed by atoms with Gasteiger partial charge in [-0.15, -0.1) is 0 Å². The summed E-state index contributed by atoms with van der Waals surface area (Å²) in [7, 11) is 0. The number of hydrogen-bond donors (Lipinski definition) is 2. The minimum atomic E-state index is -0.334. The van der Waals surface area contributed by atoms with Crippen molar-refractivity contribution >= 4 is 5.78 Å². The summed E-state index contributed by atoms with van der Waals surface area (Å²) in [5.41, 5.74) is -0.155. The Morgan fingerprint density at radius 3 is 2.50 bits per heavy atom. The predicted octanol–water partition coefficient (Wildman–Crippen LogP) is 5.39. The van der Waals surface area contributed by atoms with Gasteiger partial charge in [-0.2, -0.15) is 0 Å². The van der Waals surface area contributed by atoms with Gasteiger partial charge in [0.15, 0.2) is 5.78 Å². The zero-order valence-corrected chi connectivity index (χ0v) is 19.8. The Labute approximate surface area is 183 Å². The maximum atomic E-state index is 12.1. The van der Waals surface area contributed by atoms with Gasteiger partial charge in [-0.05, 0) is 84.0 Å². The van der Waals surface area contributed by atoms with Crippen molar-refractivity contribution in [2.75, 3.05) is 0 Å². The van der Waals surface area contributed by atoms with Crippen LogP contribution in [-0.2, 0) is 4.79 Å². The van der Waals surface area contributed by atoms with Gasteiger partial charge < -0.3 is 10.2 Å². The van der Waals surface area contributed by atoms with Crippen LogP contribution in [0.5, 0.6) is 0 Å². The molecule has 2 N–H and O–H groups in total. The zero-order chi connectivity index (χ0) is 21.8. The maximum absolute atomic E-state index is 12.1. The fourth-order valence-electron chi connectivity index (χ4n) is 8.59. The SMILES string of the molecule is CC(C)CCCC(C)C1CCC2C3C(O)CC4CC(=O)C=CC4(C)C3CC(O)C12C. The first kappa shape index (κ1) is 22.5. The van der Waals surface area contributed by atoms with Gasteiger partial charge in [0.05, 0.1) is 12.2 Å². The molecule has 10 atom stereocenters. The number of carbonyl (C=O) groups excluding carboxylic acids is 1. The number of ketones is 1. The van der Waals surface area contributed by atoms with Crippen molar-refractivity contribution in [1.29, 1.82) is 0 Å². The van der Waals surface area contributed by atoms with Crippen molar-refractivity contribution in [1.82, 2.24) is 0 Å². The van der Waals surface area contributed by atoms with Gasteiger partial charge in [-0.1, -0.05) is 60.0 Å². The van der Waals surface area contributed by atoms with Crippen LogP contribution in [0.25, 0.3) is 0 Å². The molecule has 0 amide bonds. The molecule has 0 aliphatic heterocycles. The van der Waals surface area contributed by atoms with Crippen LogP contribution in [-0.4, -0.2) is 28.2 Å². The van der Waals surface area contributed by atoms with Crippen LogP contribution < -0.4 is 0 Å². The number of allylic oxidation sites excluding steroid dienone is 2. The fraction of sp³-hybridized carbons (Fsp3) is 0.889. The molecule has 3 nitrogen and oxygen atoms in total. The molecule has 10 unspecified atom stereocenters. The van der Waals surface area contributed by atoms with Crippen LogP contribution in [0.4, 0.5) is 0 Å². The Morgan fingerprint density at radius 1 is 1.07 bits per heavy atom. The second kappa shape index (κ2) is 8.03. The minimum Gasteiger partial charge on any atom is -0.393 e. The second-order valence-electron chi connectivity index (χ2n) is 12.3. The van der Waals surface area contributed by atoms with Gasteiger partial charge >= 0.3 is 0 Å². The smallest absolute Gasteiger partial charge is 0.155 e. The third-order valence-corrected chi connectivity index (χ3v) is 10.4. The molecule has 0 heterocycles. The average molecular weight is 417 g/mol. The molecule has 4 rings (SSSR count). The molecular formula is C27H44O3. The van der Waals surface area contributed by atoms with Gasteiger partial charge in [0.2, 0.25) is 0 Å². The van der Waals surface area contributed by atoms with E-state index < -0.39 is 0 Å². The van der Waals surface area contributed by atoms with E-state index >= 15 is 0 Å². The molecule has 3 fully saturated rings. The van der Waals surface area contributed by atoms with Crippen molar-refractivity contribution < 1.29 is 15.0 Å². The van der Waals surface area contributed by atoms with E-state index in [0.717, 1.165) is 25.2 Å². The Hall–Kier alpha value is -0.670. The predicted molar refractivity (Wildman–Crippen MR) is 121 cm³/mol. The highest BCUT2D eigenvalue weighted by molar-refractivity contribution is 5.91. The summed E-state index contributed by atoms with van der Waals surface area (Å²) in [6, 6.07) is 0. The molecule has 4 aliphatic rings. The minimum absolute atomic E-state index is 0.0684. The second-order valence-corrected chi connectivity index (χ2v) is 12.3. The highest BCUT2D eigenvalue weighted by Gasteiger charge is 2.65. The van der Waals surface area contributed by atoms with E-state index in [1.165, 1.54) is 25.7 Å². The van der Waals surface area contributed by atoms with Crippen LogP contribution in [0.15, 0.2) is 12.2 Å². The van der Waals surface area contributed by atoms with E-state index in [-0.39, 0.29) is 46.6 Å². The maximum Gasteiger partial charge on any atom is 0.155 e. The van der Waals surface area contributed by atoms with Crippen molar-refractivity contribution in [3.05, 3.63) is 12.2 Å². The van der Waals surface area contributed by atoms with E-state index in [9.17, 15) is 15.0 Å². The van der Waals surface area contributed by atoms with Crippen LogP contribution in [0.1, 0.15) is 86.0 Å². The highest BCUT2D eigenvalue weighted by Crippen LogP contribution is 2.67. The summed E-state index contributed by atoms with van der Waals surface area (Å²) < 4.78 is 0. The summed E-state index contributed by atoms with van der Waals surface area (Å²) in [6.45, 7) is 11.6. The Bertz CT molecular complexity index is 684. The summed E-state index contributed by atoms with van der Waals surface area (Å²) in [5.74, 6) is 3.27. The summed E-state index contributed by atoms with van der Waals surface area (Å²) >= 11 is 0. The number of carbonyl (C=O) groups is 1. The van der Waals surface area contributed by atoms with Crippen LogP contribution >= 0.6 is 0 Å². The molecule has 0 radical (unpaired) electrons. The molecule has 0 aromatic heterocycles. The van der Waals surface area contributed by atoms with Gasteiger partial charge in [-0.25, -0.2) is 0 Å². The van der Waals surface area contributed by atoms with E-state index in [2.05, 4.69) is 40.7 Å². The molecule has 0 bridgehead atoms. The fourth-order valence-corrected chi connectivity index (χ4v) is 8.59. The Kier molecular flexibility index (Phi) is 6.03. The molecule has 170 valence electrons. The number of rotatable bonds is 5. The topological polar surface area (TPSA) is 57.5 Å². The van der Waals surface area contributed by atoms with E-state index in [4.69, 9.17) is 0 Å². The van der Waals surface area contributed by atoms with Gasteiger partial charge in [0.1, 0.15) is 0 Å². The lowest BCUT2D eigenvalue weighted by Gasteiger charge is -2.62. The lowest BCUT2D eigenvalue weighted by atomic mass is 9.44. The van der Waals surface area contributed by atoms with Gasteiger partial charge in [0, 0.05) is 6.42 Å². The third kappa shape index (κ3) is 3.43. The third-order valence-electron chi connectivity index (χ3n) is 10.4. The van der Waals surface area contributed by atoms with Gasteiger partial charge in [0.25, 0.3) is 0 Å². The molecule has 4 aliphatic carbocycles. The van der Waals surface area contributed by atoms with Crippen LogP contribution in [0, 0.1) is 52.3 Å². The number of aliphatic hydroxyl groups excluding tert-OH is 2. The van der Waals surface area contributed by atoms with Crippen LogP contribution in [0.3, 0.4) is 0 Å². The largest absolute Gasteiger partial charge is 0.393 e. The summed E-state index contributed by atoms with van der Waals surface area (Å²) in [4.78, 5) is 12.1. The first-order valence-electron chi connectivity index (χ1n) is 12.7. The van der Waals surface area contributed by atoms with Crippen molar-refractivity contribution in [3.8, 4) is 0 Å². The Morgan fingerprint density at radius 2 is 1.80 bits per heavy atom. The van der Waals surface area contributed by atoms with Crippen molar-refractivity contribution in [2.24, 2.45) is 52.3 Å². The first-order chi connectivity index (χ1) is 14.1. The van der Waals surface area contributed by atoms with Crippen molar-refractivity contribution in [2.45, 2.75) is 98.2 Å². The molecule has 0 saturated heterocycles. The number of hydrogen-bond acceptors (Lipinski definition) is 3. The molecule has 3 heteroatoms. The van der Waals surface area contributed by atoms with Crippen LogP contribution in [0.2, 0.25) is 0 Å². The Balaban J connectivity index is 1.58. The van der Waals surface area contributed by atoms with Crippen molar-refractivity contribution in [3.63, 3.8) is 0 Å². The monoisotopic (exact) mass is 416 g/mol. The first-order valence-corrected chi connectivity index (χ1v) is 12.7. The highest BCUT2D eigenvalue weighted by atomic mass is 16.3.